The summed E-state index contributed by atoms with van der Waals surface area (Å²) in [5.41, 5.74) is 4.61. The lowest BCUT2D eigenvalue weighted by molar-refractivity contribution is 0.106. The van der Waals surface area contributed by atoms with Crippen molar-refractivity contribution in [2.75, 3.05) is 31.1 Å². The monoisotopic (exact) mass is 352 g/mol. The smallest absolute Gasteiger partial charge is 0.414 e. The quantitative estimate of drug-likeness (QED) is 0.899. The molecule has 4 rings (SSSR count). The predicted octanol–water partition coefficient (Wildman–Crippen LogP) is 2.60. The van der Waals surface area contributed by atoms with Crippen molar-refractivity contribution in [2.45, 2.75) is 25.5 Å². The van der Waals surface area contributed by atoms with Gasteiger partial charge in [-0.15, -0.1) is 0 Å². The first-order chi connectivity index (χ1) is 12.7. The van der Waals surface area contributed by atoms with E-state index in [9.17, 15) is 9.90 Å². The second kappa shape index (κ2) is 7.48. The molecule has 136 valence electrons. The number of carbonyl (C=O) groups excluding carboxylic acids is 1. The zero-order valence-corrected chi connectivity index (χ0v) is 14.8. The second-order valence-corrected chi connectivity index (χ2v) is 7.01. The van der Waals surface area contributed by atoms with E-state index in [1.54, 1.807) is 4.90 Å². The molecule has 0 aromatic heterocycles. The number of rotatable bonds is 5. The molecule has 0 aliphatic carbocycles. The highest BCUT2D eigenvalue weighted by Gasteiger charge is 2.28. The van der Waals surface area contributed by atoms with Crippen LogP contribution in [0.1, 0.15) is 16.7 Å². The average molecular weight is 352 g/mol. The van der Waals surface area contributed by atoms with Crippen LogP contribution in [0.15, 0.2) is 48.5 Å². The number of ether oxygens (including phenoxy) is 1. The number of fused-ring (bicyclic) bond motifs is 1. The van der Waals surface area contributed by atoms with Gasteiger partial charge in [-0.05, 0) is 35.6 Å². The van der Waals surface area contributed by atoms with Crippen LogP contribution >= 0.6 is 0 Å². The molecule has 5 nitrogen and oxygen atoms in total. The number of benzene rings is 2. The van der Waals surface area contributed by atoms with E-state index in [4.69, 9.17) is 4.74 Å². The van der Waals surface area contributed by atoms with Crippen molar-refractivity contribution in [3.05, 3.63) is 65.2 Å². The van der Waals surface area contributed by atoms with E-state index in [0.29, 0.717) is 26.1 Å². The maximum Gasteiger partial charge on any atom is 0.414 e. The van der Waals surface area contributed by atoms with Crippen LogP contribution < -0.4 is 4.90 Å². The van der Waals surface area contributed by atoms with Gasteiger partial charge < -0.3 is 9.84 Å². The Hall–Kier alpha value is -2.37. The highest BCUT2D eigenvalue weighted by atomic mass is 16.6. The van der Waals surface area contributed by atoms with Gasteiger partial charge in [0.05, 0.1) is 18.3 Å². The Kier molecular flexibility index (Phi) is 4.91. The minimum atomic E-state index is -0.379. The number of aliphatic hydroxyl groups is 1. The fourth-order valence-corrected chi connectivity index (χ4v) is 3.92. The molecule has 1 saturated heterocycles. The molecule has 0 spiro atoms. The lowest BCUT2D eigenvalue weighted by Gasteiger charge is -2.32. The standard InChI is InChI=1S/C21H24N2O3/c24-18(13-16-5-2-1-3-6-16)15-22-10-9-19-17(14-22)7-4-8-20(19)23-11-12-26-21(23)25/h1-8,18,24H,9-15H2. The SMILES string of the molecule is O=C1OCCN1c1cccc2c1CCN(CC(O)Cc1ccccc1)C2. The van der Waals surface area contributed by atoms with Crippen molar-refractivity contribution in [3.63, 3.8) is 0 Å². The van der Waals surface area contributed by atoms with Crippen LogP contribution in [0, 0.1) is 0 Å². The van der Waals surface area contributed by atoms with Gasteiger partial charge in [-0.25, -0.2) is 4.79 Å². The normalized spacial score (nSPS) is 18.5. The third-order valence-corrected chi connectivity index (χ3v) is 5.16. The Morgan fingerprint density at radius 3 is 2.69 bits per heavy atom. The van der Waals surface area contributed by atoms with Crippen molar-refractivity contribution in [2.24, 2.45) is 0 Å². The molecule has 2 aliphatic rings. The molecule has 2 aromatic rings. The summed E-state index contributed by atoms with van der Waals surface area (Å²) in [7, 11) is 0. The van der Waals surface area contributed by atoms with Gasteiger partial charge in [0.15, 0.2) is 0 Å². The van der Waals surface area contributed by atoms with Gasteiger partial charge in [0.2, 0.25) is 0 Å². The molecular formula is C21H24N2O3. The van der Waals surface area contributed by atoms with Crippen LogP contribution in [0.3, 0.4) is 0 Å². The zero-order valence-electron chi connectivity index (χ0n) is 14.8. The van der Waals surface area contributed by atoms with E-state index in [-0.39, 0.29) is 12.2 Å². The molecule has 1 amide bonds. The van der Waals surface area contributed by atoms with Crippen LogP contribution in [0.4, 0.5) is 10.5 Å². The average Bonchev–Trinajstić information content (AvgIpc) is 3.07. The summed E-state index contributed by atoms with van der Waals surface area (Å²) in [5.74, 6) is 0. The number of β-amino-alcohol motifs (C(OH)–C–C–N with tert-alkyl or cyclic N) is 1. The summed E-state index contributed by atoms with van der Waals surface area (Å²) < 4.78 is 5.08. The van der Waals surface area contributed by atoms with Gasteiger partial charge in [-0.1, -0.05) is 42.5 Å². The summed E-state index contributed by atoms with van der Waals surface area (Å²) in [5, 5.41) is 10.5. The summed E-state index contributed by atoms with van der Waals surface area (Å²) in [6, 6.07) is 16.2. The number of anilines is 1. The fraction of sp³-hybridized carbons (Fsp3) is 0.381. The predicted molar refractivity (Wildman–Crippen MR) is 100 cm³/mol. The number of cyclic esters (lactones) is 1. The van der Waals surface area contributed by atoms with Gasteiger partial charge in [0.25, 0.3) is 0 Å². The van der Waals surface area contributed by atoms with E-state index in [0.717, 1.165) is 30.8 Å². The lowest BCUT2D eigenvalue weighted by atomic mass is 9.96. The maximum absolute atomic E-state index is 11.9. The molecular weight excluding hydrogens is 328 g/mol. The molecule has 2 aromatic carbocycles. The number of aliphatic hydroxyl groups excluding tert-OH is 1. The summed E-state index contributed by atoms with van der Waals surface area (Å²) >= 11 is 0. The van der Waals surface area contributed by atoms with Crippen LogP contribution in [-0.2, 0) is 24.1 Å². The van der Waals surface area contributed by atoms with E-state index in [1.807, 2.05) is 30.3 Å². The molecule has 0 radical (unpaired) electrons. The topological polar surface area (TPSA) is 53.0 Å². The first kappa shape index (κ1) is 17.1. The van der Waals surface area contributed by atoms with Gasteiger partial charge in [-0.2, -0.15) is 0 Å². The third-order valence-electron chi connectivity index (χ3n) is 5.16. The number of carbonyl (C=O) groups is 1. The highest BCUT2D eigenvalue weighted by Crippen LogP contribution is 2.30. The molecule has 2 heterocycles. The van der Waals surface area contributed by atoms with Crippen molar-refractivity contribution >= 4 is 11.8 Å². The first-order valence-electron chi connectivity index (χ1n) is 9.20. The molecule has 1 fully saturated rings. The zero-order chi connectivity index (χ0) is 17.9. The van der Waals surface area contributed by atoms with E-state index in [2.05, 4.69) is 23.1 Å². The lowest BCUT2D eigenvalue weighted by Crippen LogP contribution is -2.38. The molecule has 0 saturated carbocycles. The summed E-state index contributed by atoms with van der Waals surface area (Å²) in [4.78, 5) is 15.9. The summed E-state index contributed by atoms with van der Waals surface area (Å²) in [6.07, 6.45) is 0.923. The van der Waals surface area contributed by atoms with Gasteiger partial charge in [-0.3, -0.25) is 9.80 Å². The van der Waals surface area contributed by atoms with Crippen molar-refractivity contribution in [1.29, 1.82) is 0 Å². The highest BCUT2D eigenvalue weighted by molar-refractivity contribution is 5.90. The number of hydrogen-bond donors (Lipinski definition) is 1. The number of hydrogen-bond acceptors (Lipinski definition) is 4. The number of nitrogens with zero attached hydrogens (tertiary/aromatic N) is 2. The van der Waals surface area contributed by atoms with Crippen molar-refractivity contribution in [3.8, 4) is 0 Å². The van der Waals surface area contributed by atoms with E-state index in [1.165, 1.54) is 11.1 Å². The minimum Gasteiger partial charge on any atom is -0.447 e. The second-order valence-electron chi connectivity index (χ2n) is 7.01. The molecule has 2 aliphatic heterocycles. The Labute approximate surface area is 153 Å². The molecule has 1 unspecified atom stereocenters. The maximum atomic E-state index is 11.9. The Balaban J connectivity index is 1.42. The largest absolute Gasteiger partial charge is 0.447 e. The molecule has 0 bridgehead atoms. The number of amides is 1. The third kappa shape index (κ3) is 3.59. The van der Waals surface area contributed by atoms with Gasteiger partial charge in [0.1, 0.15) is 6.61 Å². The Bertz CT molecular complexity index is 778. The van der Waals surface area contributed by atoms with Gasteiger partial charge in [0, 0.05) is 19.6 Å². The van der Waals surface area contributed by atoms with Crippen LogP contribution in [-0.4, -0.2) is 48.4 Å². The molecule has 1 N–H and O–H groups in total. The Morgan fingerprint density at radius 2 is 1.92 bits per heavy atom. The van der Waals surface area contributed by atoms with Crippen molar-refractivity contribution in [1.82, 2.24) is 4.90 Å². The van der Waals surface area contributed by atoms with E-state index < -0.39 is 0 Å². The Morgan fingerprint density at radius 1 is 1.08 bits per heavy atom. The van der Waals surface area contributed by atoms with Crippen LogP contribution in [0.25, 0.3) is 0 Å². The molecule has 1 atom stereocenters. The van der Waals surface area contributed by atoms with Crippen LogP contribution in [0.5, 0.6) is 0 Å². The minimum absolute atomic E-state index is 0.251. The molecule has 5 heteroatoms. The summed E-state index contributed by atoms with van der Waals surface area (Å²) in [6.45, 7) is 3.43. The van der Waals surface area contributed by atoms with Crippen molar-refractivity contribution < 1.29 is 14.6 Å². The first-order valence-corrected chi connectivity index (χ1v) is 9.20. The van der Waals surface area contributed by atoms with Crippen LogP contribution in [0.2, 0.25) is 0 Å². The van der Waals surface area contributed by atoms with Gasteiger partial charge >= 0.3 is 6.09 Å². The molecule has 26 heavy (non-hydrogen) atoms. The van der Waals surface area contributed by atoms with E-state index >= 15 is 0 Å². The fourth-order valence-electron chi connectivity index (χ4n) is 3.92.